The Bertz CT molecular complexity index is 533. The van der Waals surface area contributed by atoms with Gasteiger partial charge in [-0.2, -0.15) is 0 Å². The maximum absolute atomic E-state index is 12.2. The summed E-state index contributed by atoms with van der Waals surface area (Å²) in [6.07, 6.45) is 4.32. The number of carboxylic acids is 1. The van der Waals surface area contributed by atoms with Gasteiger partial charge in [0.25, 0.3) is 0 Å². The van der Waals surface area contributed by atoms with E-state index in [0.29, 0.717) is 12.8 Å². The first-order valence-corrected chi connectivity index (χ1v) is 7.68. The monoisotopic (exact) mass is 304 g/mol. The molecule has 0 heterocycles. The highest BCUT2D eigenvalue weighted by molar-refractivity contribution is 5.87. The smallest absolute Gasteiger partial charge is 0.335 e. The summed E-state index contributed by atoms with van der Waals surface area (Å²) >= 11 is 0. The lowest BCUT2D eigenvalue weighted by Gasteiger charge is -2.44. The zero-order chi connectivity index (χ0) is 16.2. The van der Waals surface area contributed by atoms with Crippen molar-refractivity contribution in [1.82, 2.24) is 10.2 Å². The quantitative estimate of drug-likeness (QED) is 0.807. The minimum atomic E-state index is -0.931. The van der Waals surface area contributed by atoms with Crippen molar-refractivity contribution < 1.29 is 14.7 Å². The van der Waals surface area contributed by atoms with Crippen LogP contribution in [0.25, 0.3) is 0 Å². The number of aryl methyl sites for hydroxylation is 1. The van der Waals surface area contributed by atoms with E-state index in [4.69, 9.17) is 5.11 Å². The molecule has 120 valence electrons. The Hall–Kier alpha value is -1.88. The molecule has 0 radical (unpaired) electrons. The van der Waals surface area contributed by atoms with Crippen LogP contribution >= 0.6 is 0 Å². The van der Waals surface area contributed by atoms with Gasteiger partial charge in [-0.3, -0.25) is 4.79 Å². The van der Waals surface area contributed by atoms with E-state index in [2.05, 4.69) is 10.2 Å². The molecule has 1 amide bonds. The molecule has 1 aromatic rings. The van der Waals surface area contributed by atoms with E-state index in [1.165, 1.54) is 6.42 Å². The summed E-state index contributed by atoms with van der Waals surface area (Å²) in [5, 5.41) is 12.0. The zero-order valence-electron chi connectivity index (χ0n) is 13.3. The molecule has 1 aromatic carbocycles. The van der Waals surface area contributed by atoms with E-state index in [1.54, 1.807) is 24.3 Å². The van der Waals surface area contributed by atoms with Crippen molar-refractivity contribution in [2.75, 3.05) is 20.6 Å². The van der Waals surface area contributed by atoms with Gasteiger partial charge >= 0.3 is 5.97 Å². The minimum absolute atomic E-state index is 0.0479. The third-order valence-corrected chi connectivity index (χ3v) is 4.18. The fourth-order valence-corrected chi connectivity index (χ4v) is 2.96. The SMILES string of the molecule is CN(C)CC1(NC(=O)CCc2ccc(C(=O)O)cc2)CCC1. The Morgan fingerprint density at radius 3 is 2.32 bits per heavy atom. The number of rotatable bonds is 7. The normalized spacial score (nSPS) is 16.1. The van der Waals surface area contributed by atoms with E-state index in [9.17, 15) is 9.59 Å². The number of aromatic carboxylic acids is 1. The van der Waals surface area contributed by atoms with Gasteiger partial charge in [0.2, 0.25) is 5.91 Å². The largest absolute Gasteiger partial charge is 0.478 e. The Balaban J connectivity index is 1.83. The first-order valence-electron chi connectivity index (χ1n) is 7.68. The number of amides is 1. The van der Waals surface area contributed by atoms with E-state index in [1.807, 2.05) is 14.1 Å². The van der Waals surface area contributed by atoms with Gasteiger partial charge in [-0.25, -0.2) is 4.79 Å². The van der Waals surface area contributed by atoms with Crippen molar-refractivity contribution in [1.29, 1.82) is 0 Å². The van der Waals surface area contributed by atoms with Crippen molar-refractivity contribution in [2.24, 2.45) is 0 Å². The lowest BCUT2D eigenvalue weighted by atomic mass is 9.76. The number of hydrogen-bond donors (Lipinski definition) is 2. The Morgan fingerprint density at radius 1 is 1.23 bits per heavy atom. The highest BCUT2D eigenvalue weighted by Gasteiger charge is 2.38. The highest BCUT2D eigenvalue weighted by Crippen LogP contribution is 2.32. The maximum Gasteiger partial charge on any atom is 0.335 e. The first kappa shape index (κ1) is 16.5. The molecule has 22 heavy (non-hydrogen) atoms. The molecule has 2 N–H and O–H groups in total. The molecule has 2 rings (SSSR count). The van der Waals surface area contributed by atoms with Gasteiger partial charge in [-0.1, -0.05) is 12.1 Å². The predicted octanol–water partition coefficient (Wildman–Crippen LogP) is 1.92. The molecular formula is C17H24N2O3. The van der Waals surface area contributed by atoms with Gasteiger partial charge < -0.3 is 15.3 Å². The molecule has 1 aliphatic rings. The van der Waals surface area contributed by atoms with Crippen molar-refractivity contribution in [3.63, 3.8) is 0 Å². The number of likely N-dealkylation sites (N-methyl/N-ethyl adjacent to an activating group) is 1. The van der Waals surface area contributed by atoms with E-state index >= 15 is 0 Å². The summed E-state index contributed by atoms with van der Waals surface area (Å²) in [6, 6.07) is 6.70. The van der Waals surface area contributed by atoms with Crippen LogP contribution in [0, 0.1) is 0 Å². The van der Waals surface area contributed by atoms with E-state index in [-0.39, 0.29) is 17.0 Å². The van der Waals surface area contributed by atoms with Crippen LogP contribution in [0.1, 0.15) is 41.6 Å². The third-order valence-electron chi connectivity index (χ3n) is 4.18. The van der Waals surface area contributed by atoms with Gasteiger partial charge in [0.05, 0.1) is 11.1 Å². The van der Waals surface area contributed by atoms with Crippen LogP contribution < -0.4 is 5.32 Å². The standard InChI is InChI=1S/C17H24N2O3/c1-19(2)12-17(10-3-11-17)18-15(20)9-6-13-4-7-14(8-5-13)16(21)22/h4-5,7-8H,3,6,9-12H2,1-2H3,(H,18,20)(H,21,22). The van der Waals surface area contributed by atoms with Crippen LogP contribution in [0.4, 0.5) is 0 Å². The maximum atomic E-state index is 12.2. The second-order valence-electron chi connectivity index (χ2n) is 6.42. The lowest BCUT2D eigenvalue weighted by Crippen LogP contribution is -2.58. The molecule has 0 unspecified atom stereocenters. The summed E-state index contributed by atoms with van der Waals surface area (Å²) < 4.78 is 0. The van der Waals surface area contributed by atoms with Gasteiger partial charge in [0, 0.05) is 13.0 Å². The minimum Gasteiger partial charge on any atom is -0.478 e. The number of nitrogens with zero attached hydrogens (tertiary/aromatic N) is 1. The van der Waals surface area contributed by atoms with Crippen LogP contribution in [-0.2, 0) is 11.2 Å². The molecule has 0 saturated heterocycles. The molecule has 0 spiro atoms. The molecule has 0 aliphatic heterocycles. The van der Waals surface area contributed by atoms with Gasteiger partial charge in [0.15, 0.2) is 0 Å². The first-order chi connectivity index (χ1) is 10.4. The Labute approximate surface area is 131 Å². The lowest BCUT2D eigenvalue weighted by molar-refractivity contribution is -0.124. The Kier molecular flexibility index (Phi) is 5.19. The van der Waals surface area contributed by atoms with E-state index < -0.39 is 5.97 Å². The molecule has 1 fully saturated rings. The fraction of sp³-hybridized carbons (Fsp3) is 0.529. The highest BCUT2D eigenvalue weighted by atomic mass is 16.4. The van der Waals surface area contributed by atoms with Crippen molar-refractivity contribution in [2.45, 2.75) is 37.6 Å². The number of benzene rings is 1. The molecule has 1 aliphatic carbocycles. The molecular weight excluding hydrogens is 280 g/mol. The van der Waals surface area contributed by atoms with Crippen LogP contribution in [0.2, 0.25) is 0 Å². The molecule has 5 nitrogen and oxygen atoms in total. The fourth-order valence-electron chi connectivity index (χ4n) is 2.96. The van der Waals surface area contributed by atoms with E-state index in [0.717, 1.165) is 24.9 Å². The third kappa shape index (κ3) is 4.31. The van der Waals surface area contributed by atoms with Gasteiger partial charge in [0.1, 0.15) is 0 Å². The Morgan fingerprint density at radius 2 is 1.86 bits per heavy atom. The van der Waals surface area contributed by atoms with Crippen LogP contribution in [0.3, 0.4) is 0 Å². The summed E-state index contributed by atoms with van der Waals surface area (Å²) in [5.41, 5.74) is 1.20. The number of carbonyl (C=O) groups is 2. The molecule has 0 atom stereocenters. The summed E-state index contributed by atoms with van der Waals surface area (Å²) in [4.78, 5) is 25.1. The average molecular weight is 304 g/mol. The summed E-state index contributed by atoms with van der Waals surface area (Å²) in [6.45, 7) is 0.881. The second-order valence-corrected chi connectivity index (χ2v) is 6.42. The molecule has 0 bridgehead atoms. The number of hydrogen-bond acceptors (Lipinski definition) is 3. The predicted molar refractivity (Wildman–Crippen MR) is 85.0 cm³/mol. The second kappa shape index (κ2) is 6.92. The van der Waals surface area contributed by atoms with Crippen LogP contribution in [0.5, 0.6) is 0 Å². The number of nitrogens with one attached hydrogen (secondary N) is 1. The van der Waals surface area contributed by atoms with Crippen LogP contribution in [0.15, 0.2) is 24.3 Å². The summed E-state index contributed by atoms with van der Waals surface area (Å²) in [5.74, 6) is -0.858. The molecule has 5 heteroatoms. The van der Waals surface area contributed by atoms with Crippen molar-refractivity contribution in [3.8, 4) is 0 Å². The summed E-state index contributed by atoms with van der Waals surface area (Å²) in [7, 11) is 4.05. The van der Waals surface area contributed by atoms with Gasteiger partial charge in [-0.15, -0.1) is 0 Å². The number of carboxylic acid groups (broad SMARTS) is 1. The average Bonchev–Trinajstić information content (AvgIpc) is 2.42. The van der Waals surface area contributed by atoms with Crippen molar-refractivity contribution >= 4 is 11.9 Å². The van der Waals surface area contributed by atoms with Crippen molar-refractivity contribution in [3.05, 3.63) is 35.4 Å². The molecule has 0 aromatic heterocycles. The van der Waals surface area contributed by atoms with Crippen LogP contribution in [-0.4, -0.2) is 48.1 Å². The van der Waals surface area contributed by atoms with Gasteiger partial charge in [-0.05, 0) is 57.5 Å². The number of carbonyl (C=O) groups excluding carboxylic acids is 1. The topological polar surface area (TPSA) is 69.6 Å². The zero-order valence-corrected chi connectivity index (χ0v) is 13.3. The molecule has 1 saturated carbocycles.